The number of Topliss-reactive ketones (excluding diaryl/α,β-unsaturated/α-hetero) is 1. The highest BCUT2D eigenvalue weighted by Crippen LogP contribution is 2.43. The van der Waals surface area contributed by atoms with E-state index < -0.39 is 17.7 Å². The van der Waals surface area contributed by atoms with E-state index in [1.54, 1.807) is 61.5 Å². The van der Waals surface area contributed by atoms with E-state index in [2.05, 4.69) is 0 Å². The zero-order valence-electron chi connectivity index (χ0n) is 20.3. The average molecular weight is 476 g/mol. The van der Waals surface area contributed by atoms with Gasteiger partial charge in [0.05, 0.1) is 18.8 Å². The number of aliphatic hydroxyl groups excluding tert-OH is 1. The number of aryl methyl sites for hydroxylation is 2. The van der Waals surface area contributed by atoms with E-state index in [-0.39, 0.29) is 11.3 Å². The van der Waals surface area contributed by atoms with Crippen LogP contribution in [0.3, 0.4) is 0 Å². The molecule has 0 saturated carbocycles. The highest BCUT2D eigenvalue weighted by molar-refractivity contribution is 6.51. The van der Waals surface area contributed by atoms with Crippen LogP contribution in [0.2, 0.25) is 0 Å². The Kier molecular flexibility index (Phi) is 6.96. The summed E-state index contributed by atoms with van der Waals surface area (Å²) in [6.45, 7) is 8.58. The smallest absolute Gasteiger partial charge is 0.300 e. The van der Waals surface area contributed by atoms with Crippen molar-refractivity contribution in [3.63, 3.8) is 0 Å². The molecule has 0 bridgehead atoms. The van der Waals surface area contributed by atoms with Gasteiger partial charge in [-0.15, -0.1) is 0 Å². The summed E-state index contributed by atoms with van der Waals surface area (Å²) < 4.78 is 17.2. The summed E-state index contributed by atoms with van der Waals surface area (Å²) in [6, 6.07) is 14.7. The summed E-state index contributed by atoms with van der Waals surface area (Å²) >= 11 is 0. The van der Waals surface area contributed by atoms with Gasteiger partial charge in [0.25, 0.3) is 11.7 Å². The standard InChI is InChI=1S/C28H29NO6/c1-5-14-34-22-13-11-19(15-17(22)3)26(30)24-25(23-12-10-18(4)35-23)29(28(32)27(24)31)20-8-7-9-21(16-20)33-6-2/h7-13,15-16,25,30H,5-6,14H2,1-4H3/b26-24-. The Morgan fingerprint density at radius 3 is 2.49 bits per heavy atom. The molecule has 1 atom stereocenters. The number of benzene rings is 2. The van der Waals surface area contributed by atoms with Crippen LogP contribution < -0.4 is 14.4 Å². The van der Waals surface area contributed by atoms with Crippen LogP contribution in [-0.2, 0) is 9.59 Å². The number of carbonyl (C=O) groups is 2. The summed E-state index contributed by atoms with van der Waals surface area (Å²) in [7, 11) is 0. The second kappa shape index (κ2) is 10.1. The third-order valence-electron chi connectivity index (χ3n) is 5.79. The van der Waals surface area contributed by atoms with Gasteiger partial charge in [-0.2, -0.15) is 0 Å². The molecule has 2 aromatic carbocycles. The average Bonchev–Trinajstić information content (AvgIpc) is 3.38. The first-order chi connectivity index (χ1) is 16.8. The molecule has 4 rings (SSSR count). The van der Waals surface area contributed by atoms with Crippen LogP contribution >= 0.6 is 0 Å². The van der Waals surface area contributed by atoms with Crippen molar-refractivity contribution in [3.8, 4) is 11.5 Å². The van der Waals surface area contributed by atoms with Gasteiger partial charge in [0.15, 0.2) is 0 Å². The topological polar surface area (TPSA) is 89.2 Å². The molecular weight excluding hydrogens is 446 g/mol. The Balaban J connectivity index is 1.85. The molecule has 0 radical (unpaired) electrons. The van der Waals surface area contributed by atoms with Gasteiger partial charge in [-0.25, -0.2) is 0 Å². The number of hydrogen-bond acceptors (Lipinski definition) is 6. The third kappa shape index (κ3) is 4.67. The number of ketones is 1. The minimum Gasteiger partial charge on any atom is -0.507 e. The molecule has 1 aliphatic rings. The maximum absolute atomic E-state index is 13.3. The zero-order valence-corrected chi connectivity index (χ0v) is 20.3. The number of nitrogens with zero attached hydrogens (tertiary/aromatic N) is 1. The maximum atomic E-state index is 13.3. The van der Waals surface area contributed by atoms with Gasteiger partial charge in [0.2, 0.25) is 0 Å². The third-order valence-corrected chi connectivity index (χ3v) is 5.79. The Morgan fingerprint density at radius 1 is 1.03 bits per heavy atom. The lowest BCUT2D eigenvalue weighted by molar-refractivity contribution is -0.132. The van der Waals surface area contributed by atoms with Crippen LogP contribution in [0.1, 0.15) is 49.0 Å². The zero-order chi connectivity index (χ0) is 25.1. The Hall–Kier alpha value is -4.00. The quantitative estimate of drug-likeness (QED) is 0.255. The summed E-state index contributed by atoms with van der Waals surface area (Å²) in [6.07, 6.45) is 0.873. The van der Waals surface area contributed by atoms with Crippen molar-refractivity contribution in [2.75, 3.05) is 18.1 Å². The number of furan rings is 1. The molecule has 35 heavy (non-hydrogen) atoms. The first-order valence-corrected chi connectivity index (χ1v) is 11.7. The van der Waals surface area contributed by atoms with E-state index in [1.165, 1.54) is 4.90 Å². The fraction of sp³-hybridized carbons (Fsp3) is 0.286. The molecular formula is C28H29NO6. The molecule has 2 heterocycles. The fourth-order valence-electron chi connectivity index (χ4n) is 4.18. The van der Waals surface area contributed by atoms with E-state index >= 15 is 0 Å². The first kappa shape index (κ1) is 24.1. The normalized spacial score (nSPS) is 17.1. The van der Waals surface area contributed by atoms with E-state index in [4.69, 9.17) is 13.9 Å². The van der Waals surface area contributed by atoms with E-state index in [9.17, 15) is 14.7 Å². The molecule has 7 heteroatoms. The number of rotatable bonds is 8. The predicted molar refractivity (Wildman–Crippen MR) is 133 cm³/mol. The molecule has 1 N–H and O–H groups in total. The van der Waals surface area contributed by atoms with E-state index in [0.717, 1.165) is 12.0 Å². The molecule has 7 nitrogen and oxygen atoms in total. The molecule has 0 spiro atoms. The molecule has 1 unspecified atom stereocenters. The van der Waals surface area contributed by atoms with Gasteiger partial charge in [-0.05, 0) is 75.2 Å². The highest BCUT2D eigenvalue weighted by Gasteiger charge is 2.48. The molecule has 1 aliphatic heterocycles. The largest absolute Gasteiger partial charge is 0.507 e. The monoisotopic (exact) mass is 475 g/mol. The van der Waals surface area contributed by atoms with Crippen molar-refractivity contribution < 1.29 is 28.6 Å². The van der Waals surface area contributed by atoms with Crippen LogP contribution in [0.25, 0.3) is 5.76 Å². The van der Waals surface area contributed by atoms with Crippen LogP contribution in [0.15, 0.2) is 64.6 Å². The van der Waals surface area contributed by atoms with Crippen molar-refractivity contribution in [3.05, 3.63) is 82.8 Å². The Bertz CT molecular complexity index is 1290. The Labute approximate surface area is 204 Å². The molecule has 1 fully saturated rings. The number of carbonyl (C=O) groups excluding carboxylic acids is 2. The minimum atomic E-state index is -0.933. The Morgan fingerprint density at radius 2 is 1.83 bits per heavy atom. The van der Waals surface area contributed by atoms with E-state index in [0.29, 0.717) is 47.5 Å². The summed E-state index contributed by atoms with van der Waals surface area (Å²) in [4.78, 5) is 27.9. The van der Waals surface area contributed by atoms with Gasteiger partial charge >= 0.3 is 0 Å². The number of aliphatic hydroxyl groups is 1. The van der Waals surface area contributed by atoms with Crippen LogP contribution in [0, 0.1) is 13.8 Å². The summed E-state index contributed by atoms with van der Waals surface area (Å²) in [5, 5.41) is 11.3. The van der Waals surface area contributed by atoms with Gasteiger partial charge in [0.1, 0.15) is 34.8 Å². The minimum absolute atomic E-state index is 0.0345. The first-order valence-electron chi connectivity index (χ1n) is 11.7. The molecule has 1 saturated heterocycles. The molecule has 1 aromatic heterocycles. The second-order valence-corrected chi connectivity index (χ2v) is 8.38. The lowest BCUT2D eigenvalue weighted by Gasteiger charge is -2.24. The van der Waals surface area contributed by atoms with Crippen LogP contribution in [0.4, 0.5) is 5.69 Å². The van der Waals surface area contributed by atoms with Gasteiger partial charge in [-0.1, -0.05) is 13.0 Å². The van der Waals surface area contributed by atoms with Crippen molar-refractivity contribution >= 4 is 23.1 Å². The van der Waals surface area contributed by atoms with Crippen LogP contribution in [0.5, 0.6) is 11.5 Å². The highest BCUT2D eigenvalue weighted by atomic mass is 16.5. The SMILES string of the molecule is CCCOc1ccc(/C(O)=C2/C(=O)C(=O)N(c3cccc(OCC)c3)C2c2ccc(C)o2)cc1C. The maximum Gasteiger partial charge on any atom is 0.300 e. The lowest BCUT2D eigenvalue weighted by atomic mass is 9.98. The van der Waals surface area contributed by atoms with Crippen LogP contribution in [-0.4, -0.2) is 30.0 Å². The number of amides is 1. The predicted octanol–water partition coefficient (Wildman–Crippen LogP) is 5.71. The summed E-state index contributed by atoms with van der Waals surface area (Å²) in [5.41, 5.74) is 1.66. The fourth-order valence-corrected chi connectivity index (χ4v) is 4.18. The van der Waals surface area contributed by atoms with Gasteiger partial charge in [0, 0.05) is 17.3 Å². The second-order valence-electron chi connectivity index (χ2n) is 8.38. The molecule has 1 amide bonds. The summed E-state index contributed by atoms with van der Waals surface area (Å²) in [5.74, 6) is 0.475. The van der Waals surface area contributed by atoms with Gasteiger partial charge < -0.3 is 19.0 Å². The number of ether oxygens (including phenoxy) is 2. The molecule has 3 aromatic rings. The lowest BCUT2D eigenvalue weighted by Crippen LogP contribution is -2.29. The van der Waals surface area contributed by atoms with Crippen molar-refractivity contribution in [1.29, 1.82) is 0 Å². The molecule has 182 valence electrons. The van der Waals surface area contributed by atoms with Crippen molar-refractivity contribution in [2.45, 2.75) is 40.2 Å². The van der Waals surface area contributed by atoms with E-state index in [1.807, 2.05) is 20.8 Å². The number of hydrogen-bond donors (Lipinski definition) is 1. The van der Waals surface area contributed by atoms with Crippen molar-refractivity contribution in [2.24, 2.45) is 0 Å². The van der Waals surface area contributed by atoms with Gasteiger partial charge in [-0.3, -0.25) is 14.5 Å². The van der Waals surface area contributed by atoms with Crippen molar-refractivity contribution in [1.82, 2.24) is 0 Å². The molecule has 0 aliphatic carbocycles. The number of anilines is 1.